The number of nitrogens with one attached hydrogen (secondary N) is 1. The van der Waals surface area contributed by atoms with E-state index < -0.39 is 38.1 Å². The summed E-state index contributed by atoms with van der Waals surface area (Å²) in [4.78, 5) is 9.78. The molecular weight excluding hydrogens is 324 g/mol. The lowest BCUT2D eigenvalue weighted by atomic mass is 10.2. The fourth-order valence-corrected chi connectivity index (χ4v) is 3.52. The molecule has 0 aliphatic rings. The van der Waals surface area contributed by atoms with Gasteiger partial charge < -0.3 is 5.11 Å². The van der Waals surface area contributed by atoms with Crippen molar-refractivity contribution in [1.29, 1.82) is 0 Å². The van der Waals surface area contributed by atoms with Gasteiger partial charge in [-0.25, -0.2) is 26.7 Å². The summed E-state index contributed by atoms with van der Waals surface area (Å²) in [7, 11) is -4.32. The molecule has 118 valence electrons. The Labute approximate surface area is 125 Å². The highest BCUT2D eigenvalue weighted by Gasteiger charge is 2.24. The SMILES string of the molecule is CSCC(C)CNS(=O)(=O)c1cc(C(=O)O)cc(F)c1F. The fraction of sp³-hybridized carbons (Fsp3) is 0.417. The number of rotatable bonds is 7. The molecule has 0 fully saturated rings. The molecule has 0 amide bonds. The van der Waals surface area contributed by atoms with Gasteiger partial charge in [-0.05, 0) is 30.1 Å². The lowest BCUT2D eigenvalue weighted by Gasteiger charge is -2.13. The van der Waals surface area contributed by atoms with Crippen molar-refractivity contribution < 1.29 is 27.1 Å². The Morgan fingerprint density at radius 1 is 1.43 bits per heavy atom. The van der Waals surface area contributed by atoms with Crippen molar-refractivity contribution in [2.45, 2.75) is 11.8 Å². The minimum atomic E-state index is -4.32. The van der Waals surface area contributed by atoms with Gasteiger partial charge in [0.15, 0.2) is 11.6 Å². The average Bonchev–Trinajstić information content (AvgIpc) is 2.39. The first-order valence-electron chi connectivity index (χ1n) is 5.90. The summed E-state index contributed by atoms with van der Waals surface area (Å²) in [6.45, 7) is 1.84. The van der Waals surface area contributed by atoms with Gasteiger partial charge in [0.2, 0.25) is 10.0 Å². The standard InChI is InChI=1S/C12H15F2NO4S2/c1-7(6-20-2)5-15-21(18,19)10-4-8(12(16)17)3-9(13)11(10)14/h3-4,7,15H,5-6H2,1-2H3,(H,16,17). The van der Waals surface area contributed by atoms with E-state index in [1.165, 1.54) is 11.8 Å². The molecule has 0 aromatic heterocycles. The van der Waals surface area contributed by atoms with Crippen molar-refractivity contribution in [2.75, 3.05) is 18.6 Å². The average molecular weight is 339 g/mol. The topological polar surface area (TPSA) is 83.5 Å². The van der Waals surface area contributed by atoms with Gasteiger partial charge in [0.1, 0.15) is 4.90 Å². The first-order chi connectivity index (χ1) is 9.69. The van der Waals surface area contributed by atoms with E-state index in [9.17, 15) is 22.0 Å². The molecule has 5 nitrogen and oxygen atoms in total. The van der Waals surface area contributed by atoms with Crippen LogP contribution in [0.4, 0.5) is 8.78 Å². The Balaban J connectivity index is 3.10. The minimum absolute atomic E-state index is 0.00894. The minimum Gasteiger partial charge on any atom is -0.478 e. The van der Waals surface area contributed by atoms with Crippen molar-refractivity contribution in [3.8, 4) is 0 Å². The summed E-state index contributed by atoms with van der Waals surface area (Å²) in [5, 5.41) is 8.77. The molecule has 0 saturated carbocycles. The van der Waals surface area contributed by atoms with Crippen molar-refractivity contribution in [3.63, 3.8) is 0 Å². The van der Waals surface area contributed by atoms with E-state index in [2.05, 4.69) is 4.72 Å². The third-order valence-corrected chi connectivity index (χ3v) is 4.93. The van der Waals surface area contributed by atoms with Crippen LogP contribution in [-0.4, -0.2) is 38.0 Å². The molecule has 21 heavy (non-hydrogen) atoms. The van der Waals surface area contributed by atoms with Crippen molar-refractivity contribution >= 4 is 27.8 Å². The van der Waals surface area contributed by atoms with Crippen LogP contribution in [0.1, 0.15) is 17.3 Å². The van der Waals surface area contributed by atoms with Gasteiger partial charge in [-0.3, -0.25) is 0 Å². The van der Waals surface area contributed by atoms with Crippen LogP contribution in [0.5, 0.6) is 0 Å². The number of aromatic carboxylic acids is 1. The van der Waals surface area contributed by atoms with Crippen LogP contribution in [0.25, 0.3) is 0 Å². The Morgan fingerprint density at radius 3 is 2.57 bits per heavy atom. The maximum absolute atomic E-state index is 13.6. The highest BCUT2D eigenvalue weighted by atomic mass is 32.2. The molecule has 1 aromatic carbocycles. The number of carboxylic acids is 1. The van der Waals surface area contributed by atoms with Crippen LogP contribution in [0, 0.1) is 17.6 Å². The molecule has 0 saturated heterocycles. The number of thioether (sulfide) groups is 1. The molecule has 0 heterocycles. The zero-order chi connectivity index (χ0) is 16.2. The second-order valence-electron chi connectivity index (χ2n) is 4.49. The van der Waals surface area contributed by atoms with Crippen LogP contribution < -0.4 is 4.72 Å². The Kier molecular flexibility index (Phi) is 6.11. The molecule has 0 bridgehead atoms. The molecule has 0 spiro atoms. The fourth-order valence-electron chi connectivity index (χ4n) is 1.56. The summed E-state index contributed by atoms with van der Waals surface area (Å²) in [6.07, 6.45) is 1.86. The third-order valence-electron chi connectivity index (χ3n) is 2.60. The molecule has 1 unspecified atom stereocenters. The summed E-state index contributed by atoms with van der Waals surface area (Å²) in [6, 6.07) is 1.04. The molecule has 1 rings (SSSR count). The second kappa shape index (κ2) is 7.19. The van der Waals surface area contributed by atoms with Gasteiger partial charge >= 0.3 is 5.97 Å². The van der Waals surface area contributed by atoms with E-state index >= 15 is 0 Å². The normalized spacial score (nSPS) is 13.1. The number of sulfonamides is 1. The maximum Gasteiger partial charge on any atom is 0.335 e. The van der Waals surface area contributed by atoms with E-state index in [4.69, 9.17) is 5.11 Å². The van der Waals surface area contributed by atoms with Gasteiger partial charge in [-0.1, -0.05) is 6.92 Å². The molecule has 1 atom stereocenters. The second-order valence-corrected chi connectivity index (χ2v) is 7.13. The summed E-state index contributed by atoms with van der Waals surface area (Å²) in [5.41, 5.74) is -0.633. The van der Waals surface area contributed by atoms with E-state index in [0.29, 0.717) is 17.9 Å². The van der Waals surface area contributed by atoms with Crippen molar-refractivity contribution in [2.24, 2.45) is 5.92 Å². The first-order valence-corrected chi connectivity index (χ1v) is 8.77. The summed E-state index contributed by atoms with van der Waals surface area (Å²) in [5.74, 6) is -3.97. The molecule has 0 aliphatic carbocycles. The zero-order valence-corrected chi connectivity index (χ0v) is 13.0. The highest BCUT2D eigenvalue weighted by Crippen LogP contribution is 2.20. The summed E-state index contributed by atoms with van der Waals surface area (Å²) < 4.78 is 53.0. The van der Waals surface area contributed by atoms with Crippen LogP contribution in [0.2, 0.25) is 0 Å². The van der Waals surface area contributed by atoms with Crippen molar-refractivity contribution in [1.82, 2.24) is 4.72 Å². The van der Waals surface area contributed by atoms with Gasteiger partial charge in [0.25, 0.3) is 0 Å². The van der Waals surface area contributed by atoms with Crippen LogP contribution >= 0.6 is 11.8 Å². The first kappa shape index (κ1) is 17.9. The number of hydrogen-bond donors (Lipinski definition) is 2. The molecular formula is C12H15F2NO4S2. The van der Waals surface area contributed by atoms with Gasteiger partial charge in [-0.2, -0.15) is 11.8 Å². The Morgan fingerprint density at radius 2 is 2.05 bits per heavy atom. The Hall–Kier alpha value is -1.19. The Bertz CT molecular complexity index is 634. The molecule has 2 N–H and O–H groups in total. The smallest absolute Gasteiger partial charge is 0.335 e. The maximum atomic E-state index is 13.6. The van der Waals surface area contributed by atoms with E-state index in [-0.39, 0.29) is 12.5 Å². The molecule has 9 heteroatoms. The highest BCUT2D eigenvalue weighted by molar-refractivity contribution is 7.98. The van der Waals surface area contributed by atoms with Gasteiger partial charge in [0.05, 0.1) is 5.56 Å². The lowest BCUT2D eigenvalue weighted by Crippen LogP contribution is -2.30. The third kappa shape index (κ3) is 4.65. The number of carboxylic acid groups (broad SMARTS) is 1. The van der Waals surface area contributed by atoms with Gasteiger partial charge in [0, 0.05) is 6.54 Å². The summed E-state index contributed by atoms with van der Waals surface area (Å²) >= 11 is 1.52. The zero-order valence-electron chi connectivity index (χ0n) is 11.4. The predicted octanol–water partition coefficient (Wildman–Crippen LogP) is 1.94. The number of benzene rings is 1. The van der Waals surface area contributed by atoms with E-state index in [0.717, 1.165) is 0 Å². The number of halogens is 2. The van der Waals surface area contributed by atoms with Crippen LogP contribution in [0.15, 0.2) is 17.0 Å². The number of hydrogen-bond acceptors (Lipinski definition) is 4. The van der Waals surface area contributed by atoms with E-state index in [1.807, 2.05) is 6.26 Å². The molecule has 0 aliphatic heterocycles. The lowest BCUT2D eigenvalue weighted by molar-refractivity contribution is 0.0696. The largest absolute Gasteiger partial charge is 0.478 e. The monoisotopic (exact) mass is 339 g/mol. The predicted molar refractivity (Wildman–Crippen MR) is 76.1 cm³/mol. The number of carbonyl (C=O) groups is 1. The molecule has 0 radical (unpaired) electrons. The van der Waals surface area contributed by atoms with Gasteiger partial charge in [-0.15, -0.1) is 0 Å². The quantitative estimate of drug-likeness (QED) is 0.793. The van der Waals surface area contributed by atoms with Crippen LogP contribution in [0.3, 0.4) is 0 Å². The van der Waals surface area contributed by atoms with Crippen molar-refractivity contribution in [3.05, 3.63) is 29.3 Å². The molecule has 1 aromatic rings. The van der Waals surface area contributed by atoms with E-state index in [1.54, 1.807) is 6.92 Å². The van der Waals surface area contributed by atoms with Crippen LogP contribution in [-0.2, 0) is 10.0 Å².